The third-order valence-corrected chi connectivity index (χ3v) is 3.40. The summed E-state index contributed by atoms with van der Waals surface area (Å²) >= 11 is 0. The molecule has 0 aliphatic rings. The normalized spacial score (nSPS) is 14.4. The van der Waals surface area contributed by atoms with Crippen molar-refractivity contribution in [1.29, 1.82) is 0 Å². The van der Waals surface area contributed by atoms with Gasteiger partial charge in [0, 0.05) is 13.1 Å². The number of rotatable bonds is 7. The SMILES string of the molecule is CCC[C@H](C)CS(=O)(=O)NCCN. The third-order valence-electron chi connectivity index (χ3n) is 1.75. The van der Waals surface area contributed by atoms with E-state index in [0.29, 0.717) is 13.1 Å². The zero-order valence-corrected chi connectivity index (χ0v) is 9.23. The van der Waals surface area contributed by atoms with Crippen LogP contribution in [0.1, 0.15) is 26.7 Å². The fourth-order valence-corrected chi connectivity index (χ4v) is 2.69. The maximum absolute atomic E-state index is 11.3. The fourth-order valence-electron chi connectivity index (χ4n) is 1.22. The van der Waals surface area contributed by atoms with Crippen LogP contribution in [-0.4, -0.2) is 27.3 Å². The Morgan fingerprint density at radius 3 is 2.54 bits per heavy atom. The minimum Gasteiger partial charge on any atom is -0.329 e. The van der Waals surface area contributed by atoms with Gasteiger partial charge in [-0.3, -0.25) is 0 Å². The predicted molar refractivity (Wildman–Crippen MR) is 54.9 cm³/mol. The number of nitrogens with one attached hydrogen (secondary N) is 1. The van der Waals surface area contributed by atoms with Crippen LogP contribution < -0.4 is 10.5 Å². The number of sulfonamides is 1. The molecule has 0 spiro atoms. The molecule has 0 aliphatic carbocycles. The van der Waals surface area contributed by atoms with Crippen molar-refractivity contribution in [3.63, 3.8) is 0 Å². The number of hydrogen-bond acceptors (Lipinski definition) is 3. The molecule has 80 valence electrons. The van der Waals surface area contributed by atoms with Gasteiger partial charge in [0.2, 0.25) is 10.0 Å². The van der Waals surface area contributed by atoms with E-state index in [2.05, 4.69) is 11.6 Å². The third kappa shape index (κ3) is 6.98. The molecule has 0 aromatic carbocycles. The van der Waals surface area contributed by atoms with Crippen LogP contribution in [0.3, 0.4) is 0 Å². The van der Waals surface area contributed by atoms with Crippen LogP contribution in [0.2, 0.25) is 0 Å². The highest BCUT2D eigenvalue weighted by Gasteiger charge is 2.13. The molecule has 0 radical (unpaired) electrons. The smallest absolute Gasteiger partial charge is 0.211 e. The van der Waals surface area contributed by atoms with Gasteiger partial charge in [-0.15, -0.1) is 0 Å². The van der Waals surface area contributed by atoms with Gasteiger partial charge in [-0.2, -0.15) is 0 Å². The maximum atomic E-state index is 11.3. The summed E-state index contributed by atoms with van der Waals surface area (Å²) in [4.78, 5) is 0. The number of nitrogens with two attached hydrogens (primary N) is 1. The quantitative estimate of drug-likeness (QED) is 0.632. The highest BCUT2D eigenvalue weighted by atomic mass is 32.2. The predicted octanol–water partition coefficient (Wildman–Crippen LogP) is 0.301. The Labute approximate surface area is 80.9 Å². The number of hydrogen-bond donors (Lipinski definition) is 2. The van der Waals surface area contributed by atoms with Gasteiger partial charge >= 0.3 is 0 Å². The van der Waals surface area contributed by atoms with E-state index in [1.165, 1.54) is 0 Å². The Bertz CT molecular complexity index is 214. The van der Waals surface area contributed by atoms with E-state index in [0.717, 1.165) is 12.8 Å². The molecule has 0 aliphatic heterocycles. The summed E-state index contributed by atoms with van der Waals surface area (Å²) in [7, 11) is -3.10. The second kappa shape index (κ2) is 6.34. The van der Waals surface area contributed by atoms with Gasteiger partial charge in [0.05, 0.1) is 5.75 Å². The Morgan fingerprint density at radius 1 is 1.46 bits per heavy atom. The molecule has 0 aromatic heterocycles. The minimum absolute atomic E-state index is 0.209. The molecule has 5 heteroatoms. The van der Waals surface area contributed by atoms with Crippen molar-refractivity contribution in [2.75, 3.05) is 18.8 Å². The van der Waals surface area contributed by atoms with Crippen molar-refractivity contribution >= 4 is 10.0 Å². The lowest BCUT2D eigenvalue weighted by molar-refractivity contribution is 0.537. The van der Waals surface area contributed by atoms with Crippen LogP contribution in [-0.2, 0) is 10.0 Å². The Morgan fingerprint density at radius 2 is 2.08 bits per heavy atom. The summed E-state index contributed by atoms with van der Waals surface area (Å²) < 4.78 is 25.1. The van der Waals surface area contributed by atoms with Crippen LogP contribution >= 0.6 is 0 Å². The Kier molecular flexibility index (Phi) is 6.28. The molecular formula is C8H20N2O2S. The van der Waals surface area contributed by atoms with Gasteiger partial charge in [0.25, 0.3) is 0 Å². The van der Waals surface area contributed by atoms with Crippen LogP contribution in [0.25, 0.3) is 0 Å². The average Bonchev–Trinajstić information content (AvgIpc) is 2.00. The van der Waals surface area contributed by atoms with Gasteiger partial charge < -0.3 is 5.73 Å². The largest absolute Gasteiger partial charge is 0.329 e. The van der Waals surface area contributed by atoms with E-state index < -0.39 is 10.0 Å². The Balaban J connectivity index is 3.87. The molecule has 0 saturated carbocycles. The summed E-state index contributed by atoms with van der Waals surface area (Å²) in [5.74, 6) is 0.432. The van der Waals surface area contributed by atoms with Crippen molar-refractivity contribution in [1.82, 2.24) is 4.72 Å². The van der Waals surface area contributed by atoms with Gasteiger partial charge in [-0.25, -0.2) is 13.1 Å². The van der Waals surface area contributed by atoms with Gasteiger partial charge in [-0.05, 0) is 12.3 Å². The standard InChI is InChI=1S/C8H20N2O2S/c1-3-4-8(2)7-13(11,12)10-6-5-9/h8,10H,3-7,9H2,1-2H3/t8-/m0/s1. The summed E-state index contributed by atoms with van der Waals surface area (Å²) in [5.41, 5.74) is 5.20. The lowest BCUT2D eigenvalue weighted by Gasteiger charge is -2.10. The molecule has 0 bridgehead atoms. The molecule has 0 rings (SSSR count). The molecule has 0 unspecified atom stereocenters. The van der Waals surface area contributed by atoms with Crippen molar-refractivity contribution < 1.29 is 8.42 Å². The van der Waals surface area contributed by atoms with Crippen LogP contribution in [0.4, 0.5) is 0 Å². The van der Waals surface area contributed by atoms with Crippen LogP contribution in [0.15, 0.2) is 0 Å². The summed E-state index contributed by atoms with van der Waals surface area (Å²) in [6.07, 6.45) is 1.97. The van der Waals surface area contributed by atoms with E-state index in [9.17, 15) is 8.42 Å². The summed E-state index contributed by atoms with van der Waals surface area (Å²) in [6, 6.07) is 0. The molecule has 0 heterocycles. The van der Waals surface area contributed by atoms with E-state index in [-0.39, 0.29) is 11.7 Å². The molecule has 0 aromatic rings. The lowest BCUT2D eigenvalue weighted by Crippen LogP contribution is -2.33. The second-order valence-electron chi connectivity index (χ2n) is 3.36. The van der Waals surface area contributed by atoms with E-state index in [4.69, 9.17) is 5.73 Å². The van der Waals surface area contributed by atoms with Crippen molar-refractivity contribution in [2.24, 2.45) is 11.7 Å². The molecule has 0 saturated heterocycles. The molecule has 13 heavy (non-hydrogen) atoms. The van der Waals surface area contributed by atoms with Crippen LogP contribution in [0.5, 0.6) is 0 Å². The zero-order chi connectivity index (χ0) is 10.3. The van der Waals surface area contributed by atoms with E-state index in [1.54, 1.807) is 0 Å². The molecule has 1 atom stereocenters. The summed E-state index contributed by atoms with van der Waals surface area (Å²) in [6.45, 7) is 4.68. The fraction of sp³-hybridized carbons (Fsp3) is 1.00. The molecular weight excluding hydrogens is 188 g/mol. The van der Waals surface area contributed by atoms with Crippen molar-refractivity contribution in [3.05, 3.63) is 0 Å². The molecule has 4 nitrogen and oxygen atoms in total. The Hall–Kier alpha value is -0.130. The van der Waals surface area contributed by atoms with Gasteiger partial charge in [-0.1, -0.05) is 20.3 Å². The first-order valence-corrected chi connectivity index (χ1v) is 6.34. The minimum atomic E-state index is -3.10. The van der Waals surface area contributed by atoms with Crippen molar-refractivity contribution in [3.8, 4) is 0 Å². The monoisotopic (exact) mass is 208 g/mol. The lowest BCUT2D eigenvalue weighted by atomic mass is 10.1. The molecule has 3 N–H and O–H groups in total. The molecule has 0 fully saturated rings. The highest BCUT2D eigenvalue weighted by molar-refractivity contribution is 7.89. The maximum Gasteiger partial charge on any atom is 0.211 e. The zero-order valence-electron chi connectivity index (χ0n) is 8.41. The van der Waals surface area contributed by atoms with Crippen molar-refractivity contribution in [2.45, 2.75) is 26.7 Å². The van der Waals surface area contributed by atoms with Gasteiger partial charge in [0.15, 0.2) is 0 Å². The van der Waals surface area contributed by atoms with Gasteiger partial charge in [0.1, 0.15) is 0 Å². The van der Waals surface area contributed by atoms with E-state index >= 15 is 0 Å². The first-order chi connectivity index (χ1) is 6.02. The first-order valence-electron chi connectivity index (χ1n) is 4.69. The highest BCUT2D eigenvalue weighted by Crippen LogP contribution is 2.07. The topological polar surface area (TPSA) is 72.2 Å². The average molecular weight is 208 g/mol. The summed E-state index contributed by atoms with van der Waals surface area (Å²) in [5, 5.41) is 0. The second-order valence-corrected chi connectivity index (χ2v) is 5.21. The van der Waals surface area contributed by atoms with E-state index in [1.807, 2.05) is 6.92 Å². The van der Waals surface area contributed by atoms with Crippen LogP contribution in [0, 0.1) is 5.92 Å². The molecule has 0 amide bonds. The first kappa shape index (κ1) is 12.9.